The number of carboxylic acids is 1. The summed E-state index contributed by atoms with van der Waals surface area (Å²) < 4.78 is 0. The van der Waals surface area contributed by atoms with Crippen molar-refractivity contribution in [1.82, 2.24) is 14.7 Å². The van der Waals surface area contributed by atoms with Crippen LogP contribution in [-0.4, -0.2) is 77.1 Å². The molecule has 0 aliphatic carbocycles. The van der Waals surface area contributed by atoms with Crippen LogP contribution < -0.4 is 0 Å². The summed E-state index contributed by atoms with van der Waals surface area (Å²) in [5, 5.41) is 8.86. The molecule has 118 valence electrons. The number of hydrogen-bond acceptors (Lipinski definition) is 3. The lowest BCUT2D eigenvalue weighted by atomic mass is 10.00. The molecule has 0 saturated carbocycles. The molecule has 0 bridgehead atoms. The number of urea groups is 1. The third-order valence-corrected chi connectivity index (χ3v) is 5.13. The quantitative estimate of drug-likeness (QED) is 0.828. The van der Waals surface area contributed by atoms with E-state index in [2.05, 4.69) is 4.90 Å². The van der Waals surface area contributed by atoms with E-state index in [0.717, 1.165) is 26.1 Å². The van der Waals surface area contributed by atoms with Crippen LogP contribution in [0.15, 0.2) is 0 Å². The molecule has 3 fully saturated rings. The van der Waals surface area contributed by atoms with Gasteiger partial charge < -0.3 is 14.9 Å². The lowest BCUT2D eigenvalue weighted by molar-refractivity contribution is -0.138. The number of amides is 2. The highest BCUT2D eigenvalue weighted by molar-refractivity contribution is 5.75. The standard InChI is InChI=1S/C15H25N3O3/c19-14(20)9-12-4-6-17(10-12)15(21)18-8-7-16-5-2-1-3-13(16)11-18/h12-13H,1-11H2,(H,19,20). The van der Waals surface area contributed by atoms with Gasteiger partial charge in [-0.1, -0.05) is 6.42 Å². The molecule has 3 rings (SSSR count). The SMILES string of the molecule is O=C(O)CC1CCN(C(=O)N2CCN3CCCCC3C2)C1. The number of hydrogen-bond donors (Lipinski definition) is 1. The predicted octanol–water partition coefficient (Wildman–Crippen LogP) is 1.07. The average molecular weight is 295 g/mol. The third kappa shape index (κ3) is 3.31. The molecule has 0 spiro atoms. The Kier molecular flexibility index (Phi) is 4.33. The lowest BCUT2D eigenvalue weighted by Gasteiger charge is -2.44. The van der Waals surface area contributed by atoms with Gasteiger partial charge in [0.25, 0.3) is 0 Å². The molecule has 2 amide bonds. The van der Waals surface area contributed by atoms with Crippen LogP contribution in [0.25, 0.3) is 0 Å². The number of piperazine rings is 1. The van der Waals surface area contributed by atoms with Crippen molar-refractivity contribution in [2.45, 2.75) is 38.1 Å². The molecule has 0 aromatic carbocycles. The van der Waals surface area contributed by atoms with Gasteiger partial charge in [-0.3, -0.25) is 9.69 Å². The Morgan fingerprint density at radius 3 is 2.57 bits per heavy atom. The van der Waals surface area contributed by atoms with Crippen LogP contribution in [0.3, 0.4) is 0 Å². The van der Waals surface area contributed by atoms with Gasteiger partial charge in [-0.15, -0.1) is 0 Å². The van der Waals surface area contributed by atoms with Crippen molar-refractivity contribution < 1.29 is 14.7 Å². The highest BCUT2D eigenvalue weighted by atomic mass is 16.4. The molecule has 3 saturated heterocycles. The van der Waals surface area contributed by atoms with E-state index < -0.39 is 5.97 Å². The summed E-state index contributed by atoms with van der Waals surface area (Å²) in [5.74, 6) is -0.632. The molecule has 3 aliphatic heterocycles. The largest absolute Gasteiger partial charge is 0.481 e. The Labute approximate surface area is 125 Å². The molecule has 3 heterocycles. The van der Waals surface area contributed by atoms with Crippen LogP contribution in [0.1, 0.15) is 32.1 Å². The van der Waals surface area contributed by atoms with Gasteiger partial charge in [0, 0.05) is 45.2 Å². The molecular weight excluding hydrogens is 270 g/mol. The van der Waals surface area contributed by atoms with Crippen molar-refractivity contribution >= 4 is 12.0 Å². The Morgan fingerprint density at radius 2 is 1.76 bits per heavy atom. The molecule has 1 N–H and O–H groups in total. The second-order valence-corrected chi connectivity index (χ2v) is 6.61. The first-order chi connectivity index (χ1) is 10.1. The molecule has 6 nitrogen and oxygen atoms in total. The Hall–Kier alpha value is -1.30. The minimum atomic E-state index is -0.759. The van der Waals surface area contributed by atoms with Gasteiger partial charge in [-0.25, -0.2) is 4.79 Å². The fraction of sp³-hybridized carbons (Fsp3) is 0.867. The summed E-state index contributed by atoms with van der Waals surface area (Å²) in [6, 6.07) is 0.655. The van der Waals surface area contributed by atoms with E-state index in [4.69, 9.17) is 5.11 Å². The zero-order valence-corrected chi connectivity index (χ0v) is 12.5. The zero-order valence-electron chi connectivity index (χ0n) is 12.5. The molecule has 3 aliphatic rings. The number of fused-ring (bicyclic) bond motifs is 1. The average Bonchev–Trinajstić information content (AvgIpc) is 2.93. The van der Waals surface area contributed by atoms with E-state index in [1.54, 1.807) is 0 Å². The number of likely N-dealkylation sites (tertiary alicyclic amines) is 1. The zero-order chi connectivity index (χ0) is 14.8. The van der Waals surface area contributed by atoms with E-state index in [-0.39, 0.29) is 18.4 Å². The minimum Gasteiger partial charge on any atom is -0.481 e. The number of rotatable bonds is 2. The highest BCUT2D eigenvalue weighted by Crippen LogP contribution is 2.24. The summed E-state index contributed by atoms with van der Waals surface area (Å²) in [6.07, 6.45) is 4.76. The van der Waals surface area contributed by atoms with Gasteiger partial charge in [0.05, 0.1) is 0 Å². The van der Waals surface area contributed by atoms with Crippen LogP contribution in [0, 0.1) is 5.92 Å². The van der Waals surface area contributed by atoms with Crippen molar-refractivity contribution in [3.05, 3.63) is 0 Å². The number of carbonyl (C=O) groups excluding carboxylic acids is 1. The van der Waals surface area contributed by atoms with Gasteiger partial charge in [-0.05, 0) is 31.7 Å². The molecule has 0 aromatic rings. The van der Waals surface area contributed by atoms with Crippen molar-refractivity contribution in [3.8, 4) is 0 Å². The summed E-state index contributed by atoms with van der Waals surface area (Å²) >= 11 is 0. The first kappa shape index (κ1) is 14.6. The third-order valence-electron chi connectivity index (χ3n) is 5.13. The van der Waals surface area contributed by atoms with Gasteiger partial charge in [-0.2, -0.15) is 0 Å². The summed E-state index contributed by atoms with van der Waals surface area (Å²) in [5.41, 5.74) is 0. The Morgan fingerprint density at radius 1 is 0.952 bits per heavy atom. The molecule has 6 heteroatoms. The van der Waals surface area contributed by atoms with E-state index >= 15 is 0 Å². The van der Waals surface area contributed by atoms with Gasteiger partial charge in [0.15, 0.2) is 0 Å². The highest BCUT2D eigenvalue weighted by Gasteiger charge is 2.35. The van der Waals surface area contributed by atoms with Crippen LogP contribution in [0.5, 0.6) is 0 Å². The number of carboxylic acid groups (broad SMARTS) is 1. The molecule has 2 unspecified atom stereocenters. The van der Waals surface area contributed by atoms with Gasteiger partial charge in [0.2, 0.25) is 0 Å². The van der Waals surface area contributed by atoms with Gasteiger partial charge in [0.1, 0.15) is 0 Å². The Bertz CT molecular complexity index is 415. The summed E-state index contributed by atoms with van der Waals surface area (Å²) in [4.78, 5) is 29.7. The topological polar surface area (TPSA) is 64.1 Å². The monoisotopic (exact) mass is 295 g/mol. The number of piperidine rings is 1. The first-order valence-corrected chi connectivity index (χ1v) is 8.13. The normalized spacial score (nSPS) is 30.3. The van der Waals surface area contributed by atoms with E-state index in [0.29, 0.717) is 19.1 Å². The van der Waals surface area contributed by atoms with E-state index in [1.165, 1.54) is 25.8 Å². The van der Waals surface area contributed by atoms with Crippen LogP contribution in [-0.2, 0) is 4.79 Å². The van der Waals surface area contributed by atoms with E-state index in [9.17, 15) is 9.59 Å². The van der Waals surface area contributed by atoms with Crippen LogP contribution >= 0.6 is 0 Å². The summed E-state index contributed by atoms with van der Waals surface area (Å²) in [7, 11) is 0. The minimum absolute atomic E-state index is 0.119. The first-order valence-electron chi connectivity index (χ1n) is 8.13. The molecule has 21 heavy (non-hydrogen) atoms. The predicted molar refractivity (Wildman–Crippen MR) is 78.1 cm³/mol. The maximum atomic E-state index is 12.6. The second kappa shape index (κ2) is 6.22. The van der Waals surface area contributed by atoms with Crippen molar-refractivity contribution in [1.29, 1.82) is 0 Å². The van der Waals surface area contributed by atoms with Crippen molar-refractivity contribution in [2.24, 2.45) is 5.92 Å². The lowest BCUT2D eigenvalue weighted by Crippen LogP contribution is -2.58. The van der Waals surface area contributed by atoms with Crippen LogP contribution in [0.2, 0.25) is 0 Å². The number of nitrogens with zero attached hydrogens (tertiary/aromatic N) is 3. The Balaban J connectivity index is 1.53. The molecule has 2 atom stereocenters. The number of carbonyl (C=O) groups is 2. The maximum Gasteiger partial charge on any atom is 0.320 e. The maximum absolute atomic E-state index is 12.6. The molecule has 0 aromatic heterocycles. The molecular formula is C15H25N3O3. The van der Waals surface area contributed by atoms with Crippen molar-refractivity contribution in [2.75, 3.05) is 39.3 Å². The van der Waals surface area contributed by atoms with Crippen LogP contribution in [0.4, 0.5) is 4.79 Å². The second-order valence-electron chi connectivity index (χ2n) is 6.61. The molecule has 0 radical (unpaired) electrons. The number of aliphatic carboxylic acids is 1. The fourth-order valence-electron chi connectivity index (χ4n) is 3.95. The van der Waals surface area contributed by atoms with Crippen molar-refractivity contribution in [3.63, 3.8) is 0 Å². The fourth-order valence-corrected chi connectivity index (χ4v) is 3.95. The smallest absolute Gasteiger partial charge is 0.320 e. The van der Waals surface area contributed by atoms with Gasteiger partial charge >= 0.3 is 12.0 Å². The van der Waals surface area contributed by atoms with E-state index in [1.807, 2.05) is 9.80 Å². The summed E-state index contributed by atoms with van der Waals surface area (Å²) in [6.45, 7) is 5.14.